The Bertz CT molecular complexity index is 838. The van der Waals surface area contributed by atoms with Gasteiger partial charge in [0.2, 0.25) is 0 Å². The van der Waals surface area contributed by atoms with Crippen LogP contribution in [0.2, 0.25) is 0 Å². The first-order valence-electron chi connectivity index (χ1n) is 7.71. The van der Waals surface area contributed by atoms with Gasteiger partial charge in [0.05, 0.1) is 4.91 Å². The summed E-state index contributed by atoms with van der Waals surface area (Å²) in [4.78, 5) is 0.342. The summed E-state index contributed by atoms with van der Waals surface area (Å²) in [6.07, 6.45) is 12.1. The van der Waals surface area contributed by atoms with Crippen molar-refractivity contribution in [3.63, 3.8) is 0 Å². The third kappa shape index (κ3) is 3.53. The highest BCUT2D eigenvalue weighted by atomic mass is 32.2. The lowest BCUT2D eigenvalue weighted by Gasteiger charge is -2.10. The van der Waals surface area contributed by atoms with Gasteiger partial charge in [0.25, 0.3) is 0 Å². The first kappa shape index (κ1) is 15.9. The summed E-state index contributed by atoms with van der Waals surface area (Å²) in [6, 6.07) is 6.62. The molecule has 23 heavy (non-hydrogen) atoms. The van der Waals surface area contributed by atoms with E-state index < -0.39 is 9.84 Å². The fourth-order valence-corrected chi connectivity index (χ4v) is 3.81. The molecule has 2 aliphatic carbocycles. The molecule has 0 N–H and O–H groups in total. The van der Waals surface area contributed by atoms with Crippen molar-refractivity contribution in [1.82, 2.24) is 0 Å². The predicted octanol–water partition coefficient (Wildman–Crippen LogP) is 4.58. The van der Waals surface area contributed by atoms with Crippen LogP contribution in [-0.4, -0.2) is 14.7 Å². The Labute approximate surface area is 136 Å². The Morgan fingerprint density at radius 2 is 1.70 bits per heavy atom. The number of hydrogen-bond donors (Lipinski definition) is 0. The van der Waals surface area contributed by atoms with Gasteiger partial charge in [-0.2, -0.15) is 0 Å². The summed E-state index contributed by atoms with van der Waals surface area (Å²) in [5.74, 6) is -0.230. The SMILES string of the molecule is CS(=O)(=O)C1=CC=C(C2=C(c3ccc(F)cc3)CCC2)CC=C1. The molecule has 0 spiro atoms. The molecule has 0 unspecified atom stereocenters. The molecule has 1 aromatic rings. The van der Waals surface area contributed by atoms with E-state index in [-0.39, 0.29) is 5.82 Å². The van der Waals surface area contributed by atoms with Gasteiger partial charge < -0.3 is 0 Å². The van der Waals surface area contributed by atoms with E-state index in [2.05, 4.69) is 0 Å². The average molecular weight is 330 g/mol. The smallest absolute Gasteiger partial charge is 0.175 e. The zero-order valence-electron chi connectivity index (χ0n) is 13.0. The van der Waals surface area contributed by atoms with Crippen molar-refractivity contribution in [2.24, 2.45) is 0 Å². The third-order valence-electron chi connectivity index (χ3n) is 4.29. The van der Waals surface area contributed by atoms with E-state index in [0.717, 1.165) is 36.8 Å². The molecule has 0 heterocycles. The number of rotatable bonds is 3. The van der Waals surface area contributed by atoms with Crippen LogP contribution < -0.4 is 0 Å². The lowest BCUT2D eigenvalue weighted by atomic mass is 9.95. The average Bonchev–Trinajstić information content (AvgIpc) is 2.84. The summed E-state index contributed by atoms with van der Waals surface area (Å²) in [5.41, 5.74) is 4.73. The Morgan fingerprint density at radius 1 is 1.00 bits per heavy atom. The summed E-state index contributed by atoms with van der Waals surface area (Å²) in [6.45, 7) is 0. The summed E-state index contributed by atoms with van der Waals surface area (Å²) in [7, 11) is -3.19. The molecule has 0 aliphatic heterocycles. The molecule has 0 amide bonds. The molecular weight excluding hydrogens is 311 g/mol. The summed E-state index contributed by atoms with van der Waals surface area (Å²) >= 11 is 0. The van der Waals surface area contributed by atoms with Crippen molar-refractivity contribution in [2.75, 3.05) is 6.26 Å². The largest absolute Gasteiger partial charge is 0.224 e. The van der Waals surface area contributed by atoms with Crippen LogP contribution in [0.15, 0.2) is 64.6 Å². The monoisotopic (exact) mass is 330 g/mol. The number of sulfone groups is 1. The molecule has 4 heteroatoms. The van der Waals surface area contributed by atoms with E-state index in [4.69, 9.17) is 0 Å². The van der Waals surface area contributed by atoms with E-state index >= 15 is 0 Å². The maximum atomic E-state index is 13.1. The fraction of sp³-hybridized carbons (Fsp3) is 0.263. The molecule has 0 radical (unpaired) electrons. The molecule has 2 nitrogen and oxygen atoms in total. The van der Waals surface area contributed by atoms with Crippen LogP contribution in [0.1, 0.15) is 31.2 Å². The Kier molecular flexibility index (Phi) is 4.35. The standard InChI is InChI=1S/C19H19FO2S/c1-23(21,22)17-5-2-4-14(10-13-17)18-6-3-7-19(18)15-8-11-16(20)12-9-15/h2,5,8-13H,3-4,6-7H2,1H3. The lowest BCUT2D eigenvalue weighted by molar-refractivity contribution is 0.608. The quantitative estimate of drug-likeness (QED) is 0.813. The highest BCUT2D eigenvalue weighted by Gasteiger charge is 2.19. The van der Waals surface area contributed by atoms with Crippen molar-refractivity contribution in [3.05, 3.63) is 76.0 Å². The van der Waals surface area contributed by atoms with Gasteiger partial charge in [0.1, 0.15) is 5.82 Å². The van der Waals surface area contributed by atoms with Gasteiger partial charge in [-0.1, -0.05) is 24.3 Å². The van der Waals surface area contributed by atoms with Crippen molar-refractivity contribution in [1.29, 1.82) is 0 Å². The van der Waals surface area contributed by atoms with Gasteiger partial charge in [0, 0.05) is 6.26 Å². The molecule has 0 saturated heterocycles. The van der Waals surface area contributed by atoms with Crippen molar-refractivity contribution in [2.45, 2.75) is 25.7 Å². The molecule has 120 valence electrons. The van der Waals surface area contributed by atoms with Crippen molar-refractivity contribution >= 4 is 15.4 Å². The van der Waals surface area contributed by atoms with E-state index in [1.807, 2.05) is 24.3 Å². The van der Waals surface area contributed by atoms with E-state index in [0.29, 0.717) is 4.91 Å². The maximum Gasteiger partial charge on any atom is 0.175 e. The zero-order valence-corrected chi connectivity index (χ0v) is 13.9. The first-order chi connectivity index (χ1) is 10.9. The predicted molar refractivity (Wildman–Crippen MR) is 91.9 cm³/mol. The van der Waals surface area contributed by atoms with Crippen molar-refractivity contribution < 1.29 is 12.8 Å². The van der Waals surface area contributed by atoms with Crippen LogP contribution in [-0.2, 0) is 9.84 Å². The number of benzene rings is 1. The molecule has 0 aromatic heterocycles. The highest BCUT2D eigenvalue weighted by molar-refractivity contribution is 7.94. The van der Waals surface area contributed by atoms with Gasteiger partial charge in [0.15, 0.2) is 9.84 Å². The Balaban J connectivity index is 2.01. The second kappa shape index (κ2) is 6.28. The number of allylic oxidation sites excluding steroid dienone is 7. The van der Waals surface area contributed by atoms with E-state index in [9.17, 15) is 12.8 Å². The minimum absolute atomic E-state index is 0.230. The van der Waals surface area contributed by atoms with Gasteiger partial charge in [-0.3, -0.25) is 0 Å². The molecule has 1 aromatic carbocycles. The van der Waals surface area contributed by atoms with Crippen LogP contribution >= 0.6 is 0 Å². The van der Waals surface area contributed by atoms with Gasteiger partial charge in [-0.25, -0.2) is 12.8 Å². The first-order valence-corrected chi connectivity index (χ1v) is 9.60. The Morgan fingerprint density at radius 3 is 2.39 bits per heavy atom. The normalized spacial score (nSPS) is 18.7. The molecule has 2 aliphatic rings. The Hall–Kier alpha value is -1.94. The van der Waals surface area contributed by atoms with Crippen LogP contribution in [0.4, 0.5) is 4.39 Å². The van der Waals surface area contributed by atoms with Crippen LogP contribution in [0.25, 0.3) is 5.57 Å². The van der Waals surface area contributed by atoms with Crippen LogP contribution in [0.5, 0.6) is 0 Å². The minimum Gasteiger partial charge on any atom is -0.224 e. The van der Waals surface area contributed by atoms with Gasteiger partial charge in [-0.15, -0.1) is 0 Å². The summed E-state index contributed by atoms with van der Waals surface area (Å²) < 4.78 is 36.5. The van der Waals surface area contributed by atoms with Crippen LogP contribution in [0, 0.1) is 5.82 Å². The molecule has 0 saturated carbocycles. The molecular formula is C19H19FO2S. The molecule has 0 bridgehead atoms. The number of halogens is 1. The van der Waals surface area contributed by atoms with Crippen molar-refractivity contribution in [3.8, 4) is 0 Å². The second-order valence-corrected chi connectivity index (χ2v) is 7.97. The lowest BCUT2D eigenvalue weighted by Crippen LogP contribution is -1.97. The maximum absolute atomic E-state index is 13.1. The summed E-state index contributed by atoms with van der Waals surface area (Å²) in [5, 5.41) is 0. The second-order valence-electron chi connectivity index (χ2n) is 5.96. The molecule has 3 rings (SSSR count). The minimum atomic E-state index is -3.19. The molecule has 0 atom stereocenters. The third-order valence-corrected chi connectivity index (χ3v) is 5.42. The fourth-order valence-electron chi connectivity index (χ4n) is 3.15. The van der Waals surface area contributed by atoms with E-state index in [1.54, 1.807) is 12.2 Å². The van der Waals surface area contributed by atoms with Gasteiger partial charge >= 0.3 is 0 Å². The zero-order chi connectivity index (χ0) is 16.4. The number of hydrogen-bond acceptors (Lipinski definition) is 2. The van der Waals surface area contributed by atoms with Gasteiger partial charge in [-0.05, 0) is 72.3 Å². The van der Waals surface area contributed by atoms with Crippen LogP contribution in [0.3, 0.4) is 0 Å². The highest BCUT2D eigenvalue weighted by Crippen LogP contribution is 2.39. The topological polar surface area (TPSA) is 34.1 Å². The molecule has 0 fully saturated rings. The van der Waals surface area contributed by atoms with E-state index in [1.165, 1.54) is 29.5 Å².